The van der Waals surface area contributed by atoms with Crippen LogP contribution in [0.3, 0.4) is 0 Å². The monoisotopic (exact) mass is 346 g/mol. The zero-order valence-corrected chi connectivity index (χ0v) is 14.9. The summed E-state index contributed by atoms with van der Waals surface area (Å²) >= 11 is 1.38. The maximum atomic E-state index is 13.0. The van der Waals surface area contributed by atoms with E-state index in [-0.39, 0.29) is 5.78 Å². The first-order valence-electron chi connectivity index (χ1n) is 8.27. The number of anilines is 1. The van der Waals surface area contributed by atoms with Gasteiger partial charge in [-0.1, -0.05) is 50.2 Å². The van der Waals surface area contributed by atoms with Crippen molar-refractivity contribution in [2.45, 2.75) is 19.8 Å². The molecule has 0 unspecified atom stereocenters. The Balaban J connectivity index is 1.81. The number of thiophene rings is 1. The molecule has 0 spiro atoms. The van der Waals surface area contributed by atoms with Crippen molar-refractivity contribution < 1.29 is 4.79 Å². The first kappa shape index (κ1) is 15.8. The number of rotatable bonds is 3. The highest BCUT2D eigenvalue weighted by Crippen LogP contribution is 2.35. The number of carbonyl (C=O) groups is 1. The van der Waals surface area contributed by atoms with Crippen molar-refractivity contribution in [3.8, 4) is 0 Å². The Morgan fingerprint density at radius 1 is 1.04 bits per heavy atom. The van der Waals surface area contributed by atoms with Crippen molar-refractivity contribution in [1.82, 2.24) is 4.98 Å². The first-order valence-corrected chi connectivity index (χ1v) is 9.08. The topological polar surface area (TPSA) is 56.0 Å². The van der Waals surface area contributed by atoms with Gasteiger partial charge in [0.2, 0.25) is 5.78 Å². The quantitative estimate of drug-likeness (QED) is 0.506. The fraction of sp³-hybridized carbons (Fsp3) is 0.143. The van der Waals surface area contributed by atoms with Gasteiger partial charge in [-0.15, -0.1) is 11.3 Å². The van der Waals surface area contributed by atoms with Crippen LogP contribution in [-0.4, -0.2) is 10.8 Å². The molecule has 4 heteroatoms. The lowest BCUT2D eigenvalue weighted by molar-refractivity contribution is 0.104. The second kappa shape index (κ2) is 5.97. The predicted molar refractivity (Wildman–Crippen MR) is 106 cm³/mol. The van der Waals surface area contributed by atoms with Crippen molar-refractivity contribution in [2.24, 2.45) is 0 Å². The minimum Gasteiger partial charge on any atom is -0.397 e. The summed E-state index contributed by atoms with van der Waals surface area (Å²) in [4.78, 5) is 19.1. The summed E-state index contributed by atoms with van der Waals surface area (Å²) in [5.41, 5.74) is 8.46. The van der Waals surface area contributed by atoms with Crippen LogP contribution < -0.4 is 5.73 Å². The third-order valence-corrected chi connectivity index (χ3v) is 5.54. The highest BCUT2D eigenvalue weighted by Gasteiger charge is 2.19. The SMILES string of the molecule is CC(C)c1ccc2c(N)c(C(=O)c3ccc4ccccc4c3)sc2n1. The molecule has 0 fully saturated rings. The molecule has 2 aromatic heterocycles. The zero-order chi connectivity index (χ0) is 17.6. The Hall–Kier alpha value is -2.72. The van der Waals surface area contributed by atoms with Gasteiger partial charge in [0.15, 0.2) is 0 Å². The Morgan fingerprint density at radius 2 is 1.80 bits per heavy atom. The number of ketones is 1. The van der Waals surface area contributed by atoms with E-state index in [2.05, 4.69) is 18.8 Å². The smallest absolute Gasteiger partial charge is 0.205 e. The van der Waals surface area contributed by atoms with Crippen molar-refractivity contribution >= 4 is 43.8 Å². The number of carbonyl (C=O) groups excluding carboxylic acids is 1. The number of aromatic nitrogens is 1. The van der Waals surface area contributed by atoms with E-state index in [1.54, 1.807) is 0 Å². The molecular formula is C21H18N2OS. The molecular weight excluding hydrogens is 328 g/mol. The van der Waals surface area contributed by atoms with Crippen LogP contribution in [0, 0.1) is 0 Å². The molecule has 0 saturated heterocycles. The van der Waals surface area contributed by atoms with Crippen molar-refractivity contribution in [2.75, 3.05) is 5.73 Å². The second-order valence-electron chi connectivity index (χ2n) is 6.48. The van der Waals surface area contributed by atoms with Gasteiger partial charge in [0.05, 0.1) is 5.69 Å². The van der Waals surface area contributed by atoms with Gasteiger partial charge in [-0.05, 0) is 34.9 Å². The van der Waals surface area contributed by atoms with Crippen LogP contribution in [0.5, 0.6) is 0 Å². The average Bonchev–Trinajstić information content (AvgIpc) is 2.96. The van der Waals surface area contributed by atoms with Crippen LogP contribution in [0.4, 0.5) is 5.69 Å². The maximum Gasteiger partial charge on any atom is 0.205 e. The number of nitrogens with zero attached hydrogens (tertiary/aromatic N) is 1. The van der Waals surface area contributed by atoms with Crippen LogP contribution in [0.2, 0.25) is 0 Å². The molecule has 0 aliphatic carbocycles. The molecule has 124 valence electrons. The highest BCUT2D eigenvalue weighted by atomic mass is 32.1. The molecule has 0 aliphatic rings. The van der Waals surface area contributed by atoms with Crippen LogP contribution in [0.15, 0.2) is 54.6 Å². The molecule has 0 atom stereocenters. The summed E-state index contributed by atoms with van der Waals surface area (Å²) in [6.07, 6.45) is 0. The molecule has 2 heterocycles. The summed E-state index contributed by atoms with van der Waals surface area (Å²) in [7, 11) is 0. The standard InChI is InChI=1S/C21H18N2OS/c1-12(2)17-10-9-16-18(22)20(25-21(16)23-17)19(24)15-8-7-13-5-3-4-6-14(13)11-15/h3-12H,22H2,1-2H3. The first-order chi connectivity index (χ1) is 12.0. The summed E-state index contributed by atoms with van der Waals surface area (Å²) in [5, 5.41) is 3.03. The lowest BCUT2D eigenvalue weighted by atomic mass is 10.0. The Labute approximate surface area is 150 Å². The lowest BCUT2D eigenvalue weighted by Crippen LogP contribution is -2.02. The normalized spacial score (nSPS) is 11.5. The van der Waals surface area contributed by atoms with Gasteiger partial charge >= 0.3 is 0 Å². The van der Waals surface area contributed by atoms with Crippen molar-refractivity contribution in [3.05, 3.63) is 70.7 Å². The molecule has 4 rings (SSSR count). The Morgan fingerprint density at radius 3 is 2.56 bits per heavy atom. The number of nitrogens with two attached hydrogens (primary N) is 1. The van der Waals surface area contributed by atoms with Gasteiger partial charge in [0.25, 0.3) is 0 Å². The number of pyridine rings is 1. The van der Waals surface area contributed by atoms with E-state index in [4.69, 9.17) is 5.73 Å². The van der Waals surface area contributed by atoms with E-state index in [0.29, 0.717) is 22.0 Å². The molecule has 0 amide bonds. The summed E-state index contributed by atoms with van der Waals surface area (Å²) in [5.74, 6) is 0.296. The second-order valence-corrected chi connectivity index (χ2v) is 7.48. The molecule has 0 bridgehead atoms. The molecule has 2 N–H and O–H groups in total. The lowest BCUT2D eigenvalue weighted by Gasteiger charge is -2.03. The third kappa shape index (κ3) is 2.68. The molecule has 0 saturated carbocycles. The predicted octanol–water partition coefficient (Wildman–Crippen LogP) is 5.39. The zero-order valence-electron chi connectivity index (χ0n) is 14.1. The fourth-order valence-corrected chi connectivity index (χ4v) is 4.03. The summed E-state index contributed by atoms with van der Waals surface area (Å²) < 4.78 is 0. The minimum atomic E-state index is -0.0441. The number of nitrogen functional groups attached to an aromatic ring is 1. The van der Waals surface area contributed by atoms with Gasteiger partial charge in [-0.3, -0.25) is 4.79 Å². The number of fused-ring (bicyclic) bond motifs is 2. The van der Waals surface area contributed by atoms with Gasteiger partial charge in [0, 0.05) is 16.6 Å². The van der Waals surface area contributed by atoms with Gasteiger partial charge in [-0.2, -0.15) is 0 Å². The molecule has 0 radical (unpaired) electrons. The fourth-order valence-electron chi connectivity index (χ4n) is 2.96. The maximum absolute atomic E-state index is 13.0. The molecule has 25 heavy (non-hydrogen) atoms. The summed E-state index contributed by atoms with van der Waals surface area (Å²) in [6, 6.07) is 17.7. The Kier molecular flexibility index (Phi) is 3.77. The van der Waals surface area contributed by atoms with Crippen LogP contribution >= 0.6 is 11.3 Å². The van der Waals surface area contributed by atoms with E-state index < -0.39 is 0 Å². The number of benzene rings is 2. The molecule has 2 aromatic carbocycles. The number of hydrogen-bond acceptors (Lipinski definition) is 4. The average molecular weight is 346 g/mol. The molecule has 3 nitrogen and oxygen atoms in total. The van der Waals surface area contributed by atoms with Crippen LogP contribution in [0.1, 0.15) is 40.7 Å². The van der Waals surface area contributed by atoms with Gasteiger partial charge < -0.3 is 5.73 Å². The van der Waals surface area contributed by atoms with Gasteiger partial charge in [0.1, 0.15) is 9.71 Å². The number of hydrogen-bond donors (Lipinski definition) is 1. The van der Waals surface area contributed by atoms with E-state index >= 15 is 0 Å². The largest absolute Gasteiger partial charge is 0.397 e. The van der Waals surface area contributed by atoms with Gasteiger partial charge in [-0.25, -0.2) is 4.98 Å². The van der Waals surface area contributed by atoms with E-state index in [0.717, 1.165) is 26.7 Å². The van der Waals surface area contributed by atoms with E-state index in [1.165, 1.54) is 11.3 Å². The Bertz CT molecular complexity index is 1110. The van der Waals surface area contributed by atoms with Crippen LogP contribution in [-0.2, 0) is 0 Å². The summed E-state index contributed by atoms with van der Waals surface area (Å²) in [6.45, 7) is 4.21. The molecule has 4 aromatic rings. The van der Waals surface area contributed by atoms with Crippen molar-refractivity contribution in [1.29, 1.82) is 0 Å². The van der Waals surface area contributed by atoms with Crippen LogP contribution in [0.25, 0.3) is 21.0 Å². The highest BCUT2D eigenvalue weighted by molar-refractivity contribution is 7.21. The van der Waals surface area contributed by atoms with E-state index in [9.17, 15) is 4.79 Å². The third-order valence-electron chi connectivity index (χ3n) is 4.42. The molecule has 0 aliphatic heterocycles. The van der Waals surface area contributed by atoms with Crippen molar-refractivity contribution in [3.63, 3.8) is 0 Å². The van der Waals surface area contributed by atoms with E-state index in [1.807, 2.05) is 54.6 Å². The minimum absolute atomic E-state index is 0.0441.